The van der Waals surface area contributed by atoms with E-state index in [1.165, 1.54) is 38.5 Å². The van der Waals surface area contributed by atoms with E-state index < -0.39 is 0 Å². The number of carbonyl (C=O) groups is 1. The Morgan fingerprint density at radius 2 is 1.77 bits per heavy atom. The lowest BCUT2D eigenvalue weighted by Crippen LogP contribution is -2.52. The Balaban J connectivity index is 1.27. The number of rotatable bonds is 4. The predicted octanol–water partition coefficient (Wildman–Crippen LogP) is 4.30. The topological polar surface area (TPSA) is 49.8 Å². The van der Waals surface area contributed by atoms with Crippen molar-refractivity contribution in [3.63, 3.8) is 0 Å². The number of morpholine rings is 1. The summed E-state index contributed by atoms with van der Waals surface area (Å²) in [6.07, 6.45) is 11.8. The molecule has 4 nitrogen and oxygen atoms in total. The number of ether oxygens (including phenoxy) is 1. The van der Waals surface area contributed by atoms with E-state index in [9.17, 15) is 9.90 Å². The van der Waals surface area contributed by atoms with E-state index in [1.807, 2.05) is 0 Å². The van der Waals surface area contributed by atoms with Crippen LogP contribution in [0.4, 0.5) is 0 Å². The summed E-state index contributed by atoms with van der Waals surface area (Å²) in [5.41, 5.74) is -0.155. The monoisotopic (exact) mass is 417 g/mol. The van der Waals surface area contributed by atoms with Crippen molar-refractivity contribution in [1.29, 1.82) is 0 Å². The quantitative estimate of drug-likeness (QED) is 0.741. The van der Waals surface area contributed by atoms with Crippen LogP contribution in [0.1, 0.15) is 78.1 Å². The Labute approximate surface area is 183 Å². The molecule has 8 atom stereocenters. The molecule has 5 aliphatic rings. The third kappa shape index (κ3) is 3.59. The number of carbonyl (C=O) groups excluding carboxylic acids is 1. The Morgan fingerprint density at radius 1 is 1.00 bits per heavy atom. The minimum atomic E-state index is -0.387. The van der Waals surface area contributed by atoms with Crippen LogP contribution in [0.15, 0.2) is 0 Å². The van der Waals surface area contributed by atoms with E-state index in [0.717, 1.165) is 81.6 Å². The third-order valence-corrected chi connectivity index (χ3v) is 10.6. The van der Waals surface area contributed by atoms with Crippen LogP contribution in [0.25, 0.3) is 0 Å². The van der Waals surface area contributed by atoms with Crippen molar-refractivity contribution in [3.8, 4) is 0 Å². The van der Waals surface area contributed by atoms with Gasteiger partial charge < -0.3 is 9.84 Å². The number of hydrogen-bond donors (Lipinski definition) is 1. The van der Waals surface area contributed by atoms with Crippen molar-refractivity contribution in [3.05, 3.63) is 0 Å². The Kier molecular flexibility index (Phi) is 5.82. The van der Waals surface area contributed by atoms with Gasteiger partial charge in [-0.15, -0.1) is 0 Å². The summed E-state index contributed by atoms with van der Waals surface area (Å²) in [5, 5.41) is 10.9. The molecule has 0 aromatic rings. The highest BCUT2D eigenvalue weighted by Gasteiger charge is 2.58. The molecular weight excluding hydrogens is 374 g/mol. The first-order valence-electron chi connectivity index (χ1n) is 13.0. The lowest BCUT2D eigenvalue weighted by atomic mass is 9.48. The van der Waals surface area contributed by atoms with E-state index in [1.54, 1.807) is 0 Å². The normalized spacial score (nSPS) is 49.2. The van der Waals surface area contributed by atoms with Crippen molar-refractivity contribution in [2.45, 2.75) is 83.7 Å². The Hall–Kier alpha value is -0.450. The molecule has 1 saturated heterocycles. The molecule has 5 fully saturated rings. The van der Waals surface area contributed by atoms with Gasteiger partial charge in [0, 0.05) is 19.0 Å². The number of Topliss-reactive ketones (excluding diaryl/α,β-unsaturated/α-hetero) is 1. The SMILES string of the molecule is CC[C@@]1(O)CC[C@H]2[C@@H](CC[C@@H]3[C@@H]2CC[C@]2(C)[C@@H](C(=O)CN4CCOCC4)CC[C@@H]32)C1. The van der Waals surface area contributed by atoms with Gasteiger partial charge in [0.2, 0.25) is 0 Å². The fourth-order valence-electron chi connectivity index (χ4n) is 8.90. The molecule has 5 rings (SSSR count). The van der Waals surface area contributed by atoms with Crippen molar-refractivity contribution in [1.82, 2.24) is 4.90 Å². The first-order valence-corrected chi connectivity index (χ1v) is 13.0. The van der Waals surface area contributed by atoms with Crippen molar-refractivity contribution in [2.24, 2.45) is 40.9 Å². The van der Waals surface area contributed by atoms with Gasteiger partial charge in [-0.1, -0.05) is 13.8 Å². The molecule has 4 saturated carbocycles. The third-order valence-electron chi connectivity index (χ3n) is 10.6. The van der Waals surface area contributed by atoms with Crippen LogP contribution >= 0.6 is 0 Å². The van der Waals surface area contributed by atoms with E-state index in [-0.39, 0.29) is 16.9 Å². The zero-order valence-electron chi connectivity index (χ0n) is 19.3. The van der Waals surface area contributed by atoms with Gasteiger partial charge in [0.15, 0.2) is 0 Å². The molecule has 30 heavy (non-hydrogen) atoms. The van der Waals surface area contributed by atoms with Crippen molar-refractivity contribution >= 4 is 5.78 Å². The fourth-order valence-corrected chi connectivity index (χ4v) is 8.90. The highest BCUT2D eigenvalue weighted by molar-refractivity contribution is 5.84. The molecule has 0 radical (unpaired) electrons. The average Bonchev–Trinajstić information content (AvgIpc) is 3.11. The van der Waals surface area contributed by atoms with Gasteiger partial charge in [0.1, 0.15) is 5.78 Å². The molecule has 0 spiro atoms. The van der Waals surface area contributed by atoms with Gasteiger partial charge in [-0.2, -0.15) is 0 Å². The van der Waals surface area contributed by atoms with E-state index in [2.05, 4.69) is 18.7 Å². The second-order valence-corrected chi connectivity index (χ2v) is 11.8. The number of hydrogen-bond acceptors (Lipinski definition) is 4. The maximum atomic E-state index is 13.4. The van der Waals surface area contributed by atoms with Crippen LogP contribution in [-0.4, -0.2) is 54.2 Å². The molecule has 170 valence electrons. The molecule has 0 aromatic heterocycles. The van der Waals surface area contributed by atoms with Crippen LogP contribution < -0.4 is 0 Å². The summed E-state index contributed by atoms with van der Waals surface area (Å²) < 4.78 is 5.47. The first kappa shape index (κ1) is 21.4. The standard InChI is InChI=1S/C26H43NO3/c1-3-26(29)11-9-19-18(16-26)4-5-21-20(19)8-10-25(2)22(21)6-7-23(25)24(28)17-27-12-14-30-15-13-27/h18-23,29H,3-17H2,1-2H3/t18-,19-,20+,21+,22-,23+,25-,26+/m0/s1. The van der Waals surface area contributed by atoms with E-state index in [0.29, 0.717) is 12.3 Å². The molecule has 0 amide bonds. The summed E-state index contributed by atoms with van der Waals surface area (Å²) in [6, 6.07) is 0. The number of aliphatic hydroxyl groups is 1. The van der Waals surface area contributed by atoms with E-state index >= 15 is 0 Å². The molecular formula is C26H43NO3. The first-order chi connectivity index (χ1) is 14.4. The minimum absolute atomic E-state index is 0.232. The van der Waals surface area contributed by atoms with Gasteiger partial charge in [0.05, 0.1) is 25.4 Å². The van der Waals surface area contributed by atoms with Crippen LogP contribution in [0.2, 0.25) is 0 Å². The second kappa shape index (κ2) is 8.15. The molecule has 0 unspecified atom stereocenters. The fraction of sp³-hybridized carbons (Fsp3) is 0.962. The molecule has 1 N–H and O–H groups in total. The summed E-state index contributed by atoms with van der Waals surface area (Å²) in [6.45, 7) is 8.66. The predicted molar refractivity (Wildman–Crippen MR) is 118 cm³/mol. The summed E-state index contributed by atoms with van der Waals surface area (Å²) in [4.78, 5) is 15.7. The minimum Gasteiger partial charge on any atom is -0.390 e. The van der Waals surface area contributed by atoms with Crippen LogP contribution in [0.5, 0.6) is 0 Å². The van der Waals surface area contributed by atoms with Crippen LogP contribution in [0.3, 0.4) is 0 Å². The van der Waals surface area contributed by atoms with Gasteiger partial charge in [-0.05, 0) is 99.2 Å². The smallest absolute Gasteiger partial charge is 0.150 e. The molecule has 0 bridgehead atoms. The highest BCUT2D eigenvalue weighted by atomic mass is 16.5. The van der Waals surface area contributed by atoms with Crippen molar-refractivity contribution < 1.29 is 14.6 Å². The molecule has 0 aromatic carbocycles. The van der Waals surface area contributed by atoms with Crippen LogP contribution in [-0.2, 0) is 9.53 Å². The molecule has 1 heterocycles. The van der Waals surface area contributed by atoms with E-state index in [4.69, 9.17) is 4.74 Å². The van der Waals surface area contributed by atoms with Gasteiger partial charge in [0.25, 0.3) is 0 Å². The van der Waals surface area contributed by atoms with Gasteiger partial charge in [-0.3, -0.25) is 9.69 Å². The van der Waals surface area contributed by atoms with Crippen LogP contribution in [0, 0.1) is 40.9 Å². The Bertz CT molecular complexity index is 646. The second-order valence-electron chi connectivity index (χ2n) is 11.8. The number of nitrogens with zero attached hydrogens (tertiary/aromatic N) is 1. The zero-order chi connectivity index (χ0) is 20.9. The summed E-state index contributed by atoms with van der Waals surface area (Å²) in [5.74, 6) is 4.82. The maximum Gasteiger partial charge on any atom is 0.150 e. The van der Waals surface area contributed by atoms with Gasteiger partial charge in [-0.25, -0.2) is 0 Å². The van der Waals surface area contributed by atoms with Gasteiger partial charge >= 0.3 is 0 Å². The lowest BCUT2D eigenvalue weighted by molar-refractivity contribution is -0.134. The molecule has 4 heteroatoms. The Morgan fingerprint density at radius 3 is 2.53 bits per heavy atom. The molecule has 4 aliphatic carbocycles. The average molecular weight is 418 g/mol. The lowest BCUT2D eigenvalue weighted by Gasteiger charge is -2.57. The number of ketones is 1. The largest absolute Gasteiger partial charge is 0.390 e. The summed E-state index contributed by atoms with van der Waals surface area (Å²) >= 11 is 0. The molecule has 1 aliphatic heterocycles. The highest BCUT2D eigenvalue weighted by Crippen LogP contribution is 2.64. The summed E-state index contributed by atoms with van der Waals surface area (Å²) in [7, 11) is 0. The maximum absolute atomic E-state index is 13.4. The van der Waals surface area contributed by atoms with Crippen molar-refractivity contribution in [2.75, 3.05) is 32.8 Å². The number of fused-ring (bicyclic) bond motifs is 5. The zero-order valence-corrected chi connectivity index (χ0v) is 19.3.